The van der Waals surface area contributed by atoms with Crippen molar-refractivity contribution in [2.24, 2.45) is 11.8 Å². The molecule has 0 radical (unpaired) electrons. The number of halogens is 1. The van der Waals surface area contributed by atoms with E-state index in [-0.39, 0.29) is 12.0 Å². The highest BCUT2D eigenvalue weighted by atomic mass is 35.5. The van der Waals surface area contributed by atoms with E-state index in [1.807, 2.05) is 24.3 Å². The fourth-order valence-corrected chi connectivity index (χ4v) is 3.05. The van der Waals surface area contributed by atoms with E-state index >= 15 is 0 Å². The van der Waals surface area contributed by atoms with Crippen molar-refractivity contribution in [1.82, 2.24) is 0 Å². The lowest BCUT2D eigenvalue weighted by atomic mass is 9.79. The molecular formula is C16H22ClNO2. The fraction of sp³-hybridized carbons (Fsp3) is 0.562. The molecule has 0 bridgehead atoms. The molecule has 1 N–H and O–H groups in total. The lowest BCUT2D eigenvalue weighted by Crippen LogP contribution is -2.39. The molecule has 1 aliphatic carbocycles. The SMILES string of the molecule is COC(=O)C(Nc1ccccc1Cl)C1CCC(C)CC1. The Morgan fingerprint density at radius 2 is 1.95 bits per heavy atom. The number of benzene rings is 1. The van der Waals surface area contributed by atoms with Crippen LogP contribution < -0.4 is 5.32 Å². The van der Waals surface area contributed by atoms with Gasteiger partial charge in [0, 0.05) is 0 Å². The molecule has 0 spiro atoms. The Balaban J connectivity index is 2.12. The summed E-state index contributed by atoms with van der Waals surface area (Å²) in [4.78, 5) is 12.1. The second kappa shape index (κ2) is 6.98. The van der Waals surface area contributed by atoms with Crippen LogP contribution in [0.3, 0.4) is 0 Å². The number of hydrogen-bond acceptors (Lipinski definition) is 3. The van der Waals surface area contributed by atoms with Crippen molar-refractivity contribution in [3.63, 3.8) is 0 Å². The van der Waals surface area contributed by atoms with E-state index in [1.54, 1.807) is 0 Å². The summed E-state index contributed by atoms with van der Waals surface area (Å²) in [7, 11) is 1.44. The smallest absolute Gasteiger partial charge is 0.328 e. The number of hydrogen-bond donors (Lipinski definition) is 1. The number of esters is 1. The first-order valence-electron chi connectivity index (χ1n) is 7.20. The Labute approximate surface area is 125 Å². The fourth-order valence-electron chi connectivity index (χ4n) is 2.86. The zero-order valence-corrected chi connectivity index (χ0v) is 12.8. The van der Waals surface area contributed by atoms with Crippen LogP contribution in [-0.2, 0) is 9.53 Å². The van der Waals surface area contributed by atoms with Gasteiger partial charge in [-0.05, 0) is 36.8 Å². The highest BCUT2D eigenvalue weighted by Gasteiger charge is 2.32. The van der Waals surface area contributed by atoms with Crippen LogP contribution in [0.1, 0.15) is 32.6 Å². The van der Waals surface area contributed by atoms with Gasteiger partial charge in [0.25, 0.3) is 0 Å². The maximum atomic E-state index is 12.1. The van der Waals surface area contributed by atoms with Gasteiger partial charge in [-0.2, -0.15) is 0 Å². The molecule has 4 heteroatoms. The van der Waals surface area contributed by atoms with E-state index in [2.05, 4.69) is 12.2 Å². The summed E-state index contributed by atoms with van der Waals surface area (Å²) in [5.41, 5.74) is 0.795. The molecule has 0 aromatic heterocycles. The number of methoxy groups -OCH3 is 1. The van der Waals surface area contributed by atoms with Crippen molar-refractivity contribution >= 4 is 23.3 Å². The van der Waals surface area contributed by atoms with Crippen LogP contribution in [0, 0.1) is 11.8 Å². The largest absolute Gasteiger partial charge is 0.467 e. The molecular weight excluding hydrogens is 274 g/mol. The molecule has 0 amide bonds. The van der Waals surface area contributed by atoms with Crippen LogP contribution in [0.5, 0.6) is 0 Å². The first-order chi connectivity index (χ1) is 9.61. The average molecular weight is 296 g/mol. The molecule has 20 heavy (non-hydrogen) atoms. The van der Waals surface area contributed by atoms with Gasteiger partial charge in [-0.3, -0.25) is 0 Å². The normalized spacial score (nSPS) is 23.9. The van der Waals surface area contributed by atoms with Gasteiger partial charge < -0.3 is 10.1 Å². The summed E-state index contributed by atoms with van der Waals surface area (Å²) in [5.74, 6) is 0.865. The van der Waals surface area contributed by atoms with Gasteiger partial charge in [-0.1, -0.05) is 43.5 Å². The highest BCUT2D eigenvalue weighted by Crippen LogP contribution is 2.33. The van der Waals surface area contributed by atoms with Gasteiger partial charge in [0.15, 0.2) is 0 Å². The van der Waals surface area contributed by atoms with Gasteiger partial charge in [0.05, 0.1) is 17.8 Å². The summed E-state index contributed by atoms with van der Waals surface area (Å²) >= 11 is 6.16. The minimum absolute atomic E-state index is 0.204. The van der Waals surface area contributed by atoms with Crippen molar-refractivity contribution in [3.05, 3.63) is 29.3 Å². The van der Waals surface area contributed by atoms with Crippen LogP contribution in [0.2, 0.25) is 5.02 Å². The van der Waals surface area contributed by atoms with Gasteiger partial charge in [0.2, 0.25) is 0 Å². The van der Waals surface area contributed by atoms with Crippen LogP contribution in [0.15, 0.2) is 24.3 Å². The van der Waals surface area contributed by atoms with Crippen LogP contribution >= 0.6 is 11.6 Å². The minimum Gasteiger partial charge on any atom is -0.467 e. The Morgan fingerprint density at radius 1 is 1.30 bits per heavy atom. The maximum absolute atomic E-state index is 12.1. The second-order valence-corrected chi connectivity index (χ2v) is 6.05. The lowest BCUT2D eigenvalue weighted by molar-refractivity contribution is -0.143. The Bertz CT molecular complexity index is 456. The van der Waals surface area contributed by atoms with E-state index in [4.69, 9.17) is 16.3 Å². The molecule has 1 aliphatic rings. The van der Waals surface area contributed by atoms with Crippen molar-refractivity contribution in [1.29, 1.82) is 0 Å². The molecule has 1 unspecified atom stereocenters. The van der Waals surface area contributed by atoms with E-state index < -0.39 is 0 Å². The first-order valence-corrected chi connectivity index (χ1v) is 7.58. The third kappa shape index (κ3) is 3.66. The standard InChI is InChI=1S/C16H22ClNO2/c1-11-7-9-12(10-8-11)15(16(19)20-2)18-14-6-4-3-5-13(14)17/h3-6,11-12,15,18H,7-10H2,1-2H3. The molecule has 110 valence electrons. The number of nitrogens with one attached hydrogen (secondary N) is 1. The maximum Gasteiger partial charge on any atom is 0.328 e. The van der Waals surface area contributed by atoms with Crippen LogP contribution in [0.4, 0.5) is 5.69 Å². The highest BCUT2D eigenvalue weighted by molar-refractivity contribution is 6.33. The number of anilines is 1. The number of para-hydroxylation sites is 1. The Hall–Kier alpha value is -1.22. The van der Waals surface area contributed by atoms with Gasteiger partial charge >= 0.3 is 5.97 Å². The third-order valence-electron chi connectivity index (χ3n) is 4.17. The van der Waals surface area contributed by atoms with Gasteiger partial charge in [0.1, 0.15) is 6.04 Å². The third-order valence-corrected chi connectivity index (χ3v) is 4.50. The molecule has 0 aliphatic heterocycles. The Kier molecular flexibility index (Phi) is 5.30. The van der Waals surface area contributed by atoms with Crippen LogP contribution in [0.25, 0.3) is 0 Å². The monoisotopic (exact) mass is 295 g/mol. The summed E-state index contributed by atoms with van der Waals surface area (Å²) in [6, 6.07) is 7.19. The molecule has 3 nitrogen and oxygen atoms in total. The predicted octanol–water partition coefficient (Wildman–Crippen LogP) is 4.12. The summed E-state index contributed by atoms with van der Waals surface area (Å²) in [5, 5.41) is 3.91. The van der Waals surface area contributed by atoms with Crippen molar-refractivity contribution in [2.75, 3.05) is 12.4 Å². The van der Waals surface area contributed by atoms with Crippen molar-refractivity contribution in [3.8, 4) is 0 Å². The number of carbonyl (C=O) groups excluding carboxylic acids is 1. The quantitative estimate of drug-likeness (QED) is 0.849. The number of rotatable bonds is 4. The molecule has 1 aromatic rings. The minimum atomic E-state index is -0.313. The number of carbonyl (C=O) groups is 1. The first kappa shape index (κ1) is 15.2. The van der Waals surface area contributed by atoms with E-state index in [0.29, 0.717) is 10.9 Å². The number of ether oxygens (including phenoxy) is 1. The molecule has 1 fully saturated rings. The van der Waals surface area contributed by atoms with Crippen molar-refractivity contribution < 1.29 is 9.53 Å². The van der Waals surface area contributed by atoms with Gasteiger partial charge in [-0.15, -0.1) is 0 Å². The van der Waals surface area contributed by atoms with Gasteiger partial charge in [-0.25, -0.2) is 4.79 Å². The molecule has 1 saturated carbocycles. The zero-order chi connectivity index (χ0) is 14.5. The molecule has 1 aromatic carbocycles. The van der Waals surface area contributed by atoms with Crippen LogP contribution in [-0.4, -0.2) is 19.1 Å². The molecule has 1 atom stereocenters. The van der Waals surface area contributed by atoms with Crippen molar-refractivity contribution in [2.45, 2.75) is 38.6 Å². The Morgan fingerprint density at radius 3 is 2.55 bits per heavy atom. The van der Waals surface area contributed by atoms with E-state index in [9.17, 15) is 4.79 Å². The van der Waals surface area contributed by atoms with E-state index in [1.165, 1.54) is 20.0 Å². The molecule has 0 heterocycles. The lowest BCUT2D eigenvalue weighted by Gasteiger charge is -2.32. The second-order valence-electron chi connectivity index (χ2n) is 5.64. The average Bonchev–Trinajstić information content (AvgIpc) is 2.47. The summed E-state index contributed by atoms with van der Waals surface area (Å²) in [6.45, 7) is 2.27. The summed E-state index contributed by atoms with van der Waals surface area (Å²) in [6.07, 6.45) is 4.45. The molecule has 2 rings (SSSR count). The molecule has 0 saturated heterocycles. The summed E-state index contributed by atoms with van der Waals surface area (Å²) < 4.78 is 4.96. The predicted molar refractivity (Wildman–Crippen MR) is 82.0 cm³/mol. The topological polar surface area (TPSA) is 38.3 Å². The zero-order valence-electron chi connectivity index (χ0n) is 12.1. The van der Waals surface area contributed by atoms with E-state index in [0.717, 1.165) is 24.4 Å².